The van der Waals surface area contributed by atoms with Gasteiger partial charge in [-0.3, -0.25) is 0 Å². The number of carbonyl (C=O) groups excluding carboxylic acids is 1. The maximum atomic E-state index is 11.9. The molecule has 0 aliphatic carbocycles. The van der Waals surface area contributed by atoms with E-state index in [1.165, 1.54) is 25.3 Å². The molecule has 0 saturated heterocycles. The molecular weight excluding hydrogens is 342 g/mol. The van der Waals surface area contributed by atoms with Gasteiger partial charge in [-0.15, -0.1) is 10.1 Å². The van der Waals surface area contributed by atoms with Gasteiger partial charge in [0.25, 0.3) is 5.09 Å². The van der Waals surface area contributed by atoms with Crippen LogP contribution in [-0.2, 0) is 16.1 Å². The summed E-state index contributed by atoms with van der Waals surface area (Å²) in [5, 5.41) is 18.8. The predicted molar refractivity (Wildman–Crippen MR) is 92.4 cm³/mol. The van der Waals surface area contributed by atoms with E-state index in [9.17, 15) is 20.0 Å². The standard InChI is InChI=1S/C18H17NO7/c1-24-17-12-14(5-7-16(17)20)6-8-18(21)26-15-4-2-3-13(11-15)9-10-25-19(22)23/h2-8,11-12,20H,9-10H2,1H3. The minimum absolute atomic E-state index is 0.00472. The number of ether oxygens (including phenoxy) is 2. The van der Waals surface area contributed by atoms with Crippen LogP contribution in [0.4, 0.5) is 0 Å². The quantitative estimate of drug-likeness (QED) is 0.254. The van der Waals surface area contributed by atoms with Crippen LogP contribution in [0.2, 0.25) is 0 Å². The number of carbonyl (C=O) groups is 1. The van der Waals surface area contributed by atoms with Crippen LogP contribution in [0.25, 0.3) is 6.08 Å². The topological polar surface area (TPSA) is 108 Å². The van der Waals surface area contributed by atoms with Crippen LogP contribution in [0.15, 0.2) is 48.5 Å². The second kappa shape index (κ2) is 9.07. The van der Waals surface area contributed by atoms with Crippen LogP contribution in [0.1, 0.15) is 11.1 Å². The van der Waals surface area contributed by atoms with Gasteiger partial charge in [0.15, 0.2) is 11.5 Å². The lowest BCUT2D eigenvalue weighted by molar-refractivity contribution is -0.757. The Hall–Kier alpha value is -3.55. The van der Waals surface area contributed by atoms with Gasteiger partial charge in [-0.25, -0.2) is 4.79 Å². The summed E-state index contributed by atoms with van der Waals surface area (Å²) >= 11 is 0. The fourth-order valence-electron chi connectivity index (χ4n) is 2.11. The second-order valence-corrected chi connectivity index (χ2v) is 5.14. The van der Waals surface area contributed by atoms with Crippen molar-refractivity contribution < 1.29 is 29.3 Å². The molecule has 2 aromatic carbocycles. The molecule has 0 fully saturated rings. The van der Waals surface area contributed by atoms with Crippen molar-refractivity contribution in [1.82, 2.24) is 0 Å². The first-order chi connectivity index (χ1) is 12.5. The molecule has 0 aliphatic heterocycles. The molecule has 0 radical (unpaired) electrons. The first-order valence-corrected chi connectivity index (χ1v) is 7.61. The average molecular weight is 359 g/mol. The molecule has 0 bridgehead atoms. The summed E-state index contributed by atoms with van der Waals surface area (Å²) in [4.78, 5) is 26.3. The van der Waals surface area contributed by atoms with Crippen LogP contribution in [0.5, 0.6) is 17.2 Å². The zero-order valence-corrected chi connectivity index (χ0v) is 14.0. The summed E-state index contributed by atoms with van der Waals surface area (Å²) in [5.41, 5.74) is 1.40. The first kappa shape index (κ1) is 18.8. The fraction of sp³-hybridized carbons (Fsp3) is 0.167. The Morgan fingerprint density at radius 1 is 1.27 bits per heavy atom. The second-order valence-electron chi connectivity index (χ2n) is 5.14. The van der Waals surface area contributed by atoms with Gasteiger partial charge in [-0.1, -0.05) is 18.2 Å². The molecule has 0 atom stereocenters. The number of benzene rings is 2. The SMILES string of the molecule is COc1cc(C=CC(=O)Oc2cccc(CCO[N+](=O)[O-])c2)ccc1O. The van der Waals surface area contributed by atoms with E-state index in [0.29, 0.717) is 23.5 Å². The van der Waals surface area contributed by atoms with Crippen molar-refractivity contribution in [2.24, 2.45) is 0 Å². The highest BCUT2D eigenvalue weighted by atomic mass is 16.9. The molecule has 1 N–H and O–H groups in total. The van der Waals surface area contributed by atoms with Gasteiger partial charge in [-0.05, 0) is 47.9 Å². The van der Waals surface area contributed by atoms with Crippen molar-refractivity contribution in [3.05, 3.63) is 69.8 Å². The lowest BCUT2D eigenvalue weighted by atomic mass is 10.1. The van der Waals surface area contributed by atoms with Crippen molar-refractivity contribution in [3.8, 4) is 17.2 Å². The molecular formula is C18H17NO7. The zero-order chi connectivity index (χ0) is 18.9. The van der Waals surface area contributed by atoms with Crippen LogP contribution >= 0.6 is 0 Å². The third-order valence-corrected chi connectivity index (χ3v) is 3.32. The molecule has 136 valence electrons. The van der Waals surface area contributed by atoms with E-state index >= 15 is 0 Å². The molecule has 8 heteroatoms. The summed E-state index contributed by atoms with van der Waals surface area (Å²) in [6.07, 6.45) is 3.09. The number of phenolic OH excluding ortho intramolecular Hbond substituents is 1. The number of rotatable bonds is 8. The van der Waals surface area contributed by atoms with E-state index < -0.39 is 11.1 Å². The van der Waals surface area contributed by atoms with Crippen molar-refractivity contribution in [2.45, 2.75) is 6.42 Å². The van der Waals surface area contributed by atoms with Gasteiger partial charge < -0.3 is 19.4 Å². The summed E-state index contributed by atoms with van der Waals surface area (Å²) < 4.78 is 10.2. The Labute approximate surface area is 149 Å². The zero-order valence-electron chi connectivity index (χ0n) is 14.0. The number of esters is 1. The van der Waals surface area contributed by atoms with Crippen LogP contribution in [0.3, 0.4) is 0 Å². The number of hydrogen-bond acceptors (Lipinski definition) is 7. The Morgan fingerprint density at radius 2 is 2.08 bits per heavy atom. The molecule has 0 spiro atoms. The smallest absolute Gasteiger partial charge is 0.336 e. The monoisotopic (exact) mass is 359 g/mol. The number of aromatic hydroxyl groups is 1. The third kappa shape index (κ3) is 5.82. The Kier molecular flexibility index (Phi) is 6.55. The van der Waals surface area contributed by atoms with Crippen molar-refractivity contribution in [2.75, 3.05) is 13.7 Å². The molecule has 0 aliphatic rings. The van der Waals surface area contributed by atoms with Crippen LogP contribution in [0, 0.1) is 10.1 Å². The highest BCUT2D eigenvalue weighted by Gasteiger charge is 2.04. The predicted octanol–water partition coefficient (Wildman–Crippen LogP) is 2.77. The van der Waals surface area contributed by atoms with Crippen LogP contribution in [-0.4, -0.2) is 29.9 Å². The lowest BCUT2D eigenvalue weighted by Crippen LogP contribution is -2.06. The molecule has 0 aromatic heterocycles. The van der Waals surface area contributed by atoms with Gasteiger partial charge >= 0.3 is 5.97 Å². The summed E-state index contributed by atoms with van der Waals surface area (Å²) in [6.45, 7) is -0.0764. The third-order valence-electron chi connectivity index (χ3n) is 3.32. The maximum Gasteiger partial charge on any atom is 0.336 e. The van der Waals surface area contributed by atoms with E-state index in [2.05, 4.69) is 4.84 Å². The normalized spacial score (nSPS) is 10.5. The van der Waals surface area contributed by atoms with Gasteiger partial charge in [0.05, 0.1) is 7.11 Å². The van der Waals surface area contributed by atoms with Crippen molar-refractivity contribution in [1.29, 1.82) is 0 Å². The van der Waals surface area contributed by atoms with E-state index in [4.69, 9.17) is 9.47 Å². The van der Waals surface area contributed by atoms with E-state index in [-0.39, 0.29) is 12.4 Å². The van der Waals surface area contributed by atoms with Gasteiger partial charge in [0, 0.05) is 6.08 Å². The molecule has 0 amide bonds. The maximum absolute atomic E-state index is 11.9. The Bertz CT molecular complexity index is 817. The number of nitrogens with zero attached hydrogens (tertiary/aromatic N) is 1. The van der Waals surface area contributed by atoms with Crippen molar-refractivity contribution >= 4 is 12.0 Å². The fourth-order valence-corrected chi connectivity index (χ4v) is 2.11. The summed E-state index contributed by atoms with van der Waals surface area (Å²) in [5.74, 6) is 0.0348. The minimum Gasteiger partial charge on any atom is -0.504 e. The first-order valence-electron chi connectivity index (χ1n) is 7.61. The summed E-state index contributed by atoms with van der Waals surface area (Å²) in [6, 6.07) is 11.3. The number of methoxy groups -OCH3 is 1. The molecule has 2 aromatic rings. The molecule has 26 heavy (non-hydrogen) atoms. The Balaban J connectivity index is 1.96. The molecule has 0 saturated carbocycles. The van der Waals surface area contributed by atoms with Gasteiger partial charge in [0.2, 0.25) is 0 Å². The lowest BCUT2D eigenvalue weighted by Gasteiger charge is -2.05. The van der Waals surface area contributed by atoms with E-state index in [1.807, 2.05) is 0 Å². The Morgan fingerprint density at radius 3 is 2.81 bits per heavy atom. The largest absolute Gasteiger partial charge is 0.504 e. The van der Waals surface area contributed by atoms with E-state index in [1.54, 1.807) is 36.4 Å². The number of phenols is 1. The van der Waals surface area contributed by atoms with Crippen LogP contribution < -0.4 is 9.47 Å². The molecule has 0 heterocycles. The molecule has 8 nitrogen and oxygen atoms in total. The molecule has 0 unspecified atom stereocenters. The van der Waals surface area contributed by atoms with Crippen molar-refractivity contribution in [3.63, 3.8) is 0 Å². The highest BCUT2D eigenvalue weighted by molar-refractivity contribution is 5.88. The van der Waals surface area contributed by atoms with E-state index in [0.717, 1.165) is 5.56 Å². The summed E-state index contributed by atoms with van der Waals surface area (Å²) in [7, 11) is 1.43. The molecule has 2 rings (SSSR count). The minimum atomic E-state index is -0.854. The average Bonchev–Trinajstić information content (AvgIpc) is 2.61. The highest BCUT2D eigenvalue weighted by Crippen LogP contribution is 2.26. The number of hydrogen-bond donors (Lipinski definition) is 1. The van der Waals surface area contributed by atoms with Gasteiger partial charge in [0.1, 0.15) is 12.4 Å². The van der Waals surface area contributed by atoms with Gasteiger partial charge in [-0.2, -0.15) is 0 Å².